The van der Waals surface area contributed by atoms with E-state index in [4.69, 9.17) is 9.47 Å². The van der Waals surface area contributed by atoms with Gasteiger partial charge in [0.2, 0.25) is 0 Å². The summed E-state index contributed by atoms with van der Waals surface area (Å²) in [4.78, 5) is 24.4. The van der Waals surface area contributed by atoms with Gasteiger partial charge in [-0.3, -0.25) is 9.59 Å². The summed E-state index contributed by atoms with van der Waals surface area (Å²) in [5.74, 6) is 0.864. The molecule has 138 valence electrons. The summed E-state index contributed by atoms with van der Waals surface area (Å²) < 4.78 is 10.6. The molecule has 1 aliphatic rings. The molecular weight excluding hydrogens is 318 g/mol. The normalized spacial score (nSPS) is 20.2. The number of esters is 1. The minimum atomic E-state index is -0.164. The van der Waals surface area contributed by atoms with Gasteiger partial charge in [-0.1, -0.05) is 32.8 Å². The second-order valence-corrected chi connectivity index (χ2v) is 7.12. The molecule has 1 aromatic carbocycles. The first-order chi connectivity index (χ1) is 12.0. The van der Waals surface area contributed by atoms with Crippen LogP contribution in [0.5, 0.6) is 5.75 Å². The van der Waals surface area contributed by atoms with Crippen LogP contribution in [0.3, 0.4) is 0 Å². The Morgan fingerprint density at radius 2 is 2.00 bits per heavy atom. The zero-order valence-corrected chi connectivity index (χ0v) is 15.4. The summed E-state index contributed by atoms with van der Waals surface area (Å²) in [5.41, 5.74) is 0.576. The molecule has 2 unspecified atom stereocenters. The lowest BCUT2D eigenvalue weighted by Gasteiger charge is -2.29. The van der Waals surface area contributed by atoms with Gasteiger partial charge in [-0.25, -0.2) is 0 Å². The van der Waals surface area contributed by atoms with Crippen LogP contribution in [0.25, 0.3) is 0 Å². The zero-order valence-electron chi connectivity index (χ0n) is 15.4. The van der Waals surface area contributed by atoms with Gasteiger partial charge >= 0.3 is 5.97 Å². The van der Waals surface area contributed by atoms with Crippen LogP contribution in [0, 0.1) is 17.8 Å². The monoisotopic (exact) mass is 347 g/mol. The summed E-state index contributed by atoms with van der Waals surface area (Å²) in [7, 11) is 1.43. The highest BCUT2D eigenvalue weighted by Crippen LogP contribution is 2.30. The first-order valence-electron chi connectivity index (χ1n) is 9.10. The van der Waals surface area contributed by atoms with Crippen LogP contribution in [-0.2, 0) is 9.53 Å². The molecule has 1 aliphatic carbocycles. The molecule has 0 aliphatic heterocycles. The molecule has 1 amide bonds. The lowest BCUT2D eigenvalue weighted by atomic mass is 9.79. The van der Waals surface area contributed by atoms with Crippen molar-refractivity contribution in [1.82, 2.24) is 5.32 Å². The van der Waals surface area contributed by atoms with Gasteiger partial charge in [0.05, 0.1) is 19.6 Å². The van der Waals surface area contributed by atoms with Gasteiger partial charge in [0.25, 0.3) is 5.91 Å². The highest BCUT2D eigenvalue weighted by molar-refractivity contribution is 5.94. The molecule has 1 fully saturated rings. The first-order valence-corrected chi connectivity index (χ1v) is 9.10. The minimum absolute atomic E-state index is 0.111. The number of hydrogen-bond acceptors (Lipinski definition) is 4. The molecular formula is C20H29NO4. The van der Waals surface area contributed by atoms with E-state index in [9.17, 15) is 9.59 Å². The Morgan fingerprint density at radius 3 is 2.72 bits per heavy atom. The molecule has 0 spiro atoms. The molecule has 1 aromatic rings. The topological polar surface area (TPSA) is 64.6 Å². The average molecular weight is 347 g/mol. The van der Waals surface area contributed by atoms with E-state index >= 15 is 0 Å². The third-order valence-electron chi connectivity index (χ3n) is 4.62. The van der Waals surface area contributed by atoms with E-state index in [0.717, 1.165) is 25.7 Å². The Labute approximate surface area is 150 Å². The highest BCUT2D eigenvalue weighted by Gasteiger charge is 2.31. The molecule has 0 heterocycles. The Kier molecular flexibility index (Phi) is 7.29. The van der Waals surface area contributed by atoms with E-state index in [1.54, 1.807) is 12.1 Å². The number of rotatable bonds is 7. The number of methoxy groups -OCH3 is 1. The molecule has 25 heavy (non-hydrogen) atoms. The number of ether oxygens (including phenoxy) is 2. The number of carbonyl (C=O) groups excluding carboxylic acids is 2. The SMILES string of the molecule is COC(=O)C1CCCCC1CNC(=O)c1cccc(OCC(C)C)c1. The van der Waals surface area contributed by atoms with Gasteiger partial charge in [0, 0.05) is 12.1 Å². The molecule has 2 atom stereocenters. The van der Waals surface area contributed by atoms with Crippen LogP contribution >= 0.6 is 0 Å². The predicted molar refractivity (Wildman–Crippen MR) is 96.6 cm³/mol. The Hall–Kier alpha value is -2.04. The second kappa shape index (κ2) is 9.44. The summed E-state index contributed by atoms with van der Waals surface area (Å²) in [6.45, 7) is 5.28. The van der Waals surface area contributed by atoms with E-state index in [1.165, 1.54) is 7.11 Å². The first kappa shape index (κ1) is 19.3. The van der Waals surface area contributed by atoms with Crippen molar-refractivity contribution < 1.29 is 19.1 Å². The third-order valence-corrected chi connectivity index (χ3v) is 4.62. The summed E-state index contributed by atoms with van der Waals surface area (Å²) in [5, 5.41) is 2.97. The number of amides is 1. The van der Waals surface area contributed by atoms with Crippen LogP contribution in [0.4, 0.5) is 0 Å². The van der Waals surface area contributed by atoms with Gasteiger partial charge < -0.3 is 14.8 Å². The maximum atomic E-state index is 12.4. The highest BCUT2D eigenvalue weighted by atomic mass is 16.5. The van der Waals surface area contributed by atoms with E-state index in [2.05, 4.69) is 19.2 Å². The fraction of sp³-hybridized carbons (Fsp3) is 0.600. The van der Waals surface area contributed by atoms with Crippen molar-refractivity contribution in [2.45, 2.75) is 39.5 Å². The molecule has 1 N–H and O–H groups in total. The Bertz CT molecular complexity index is 585. The summed E-state index contributed by atoms with van der Waals surface area (Å²) >= 11 is 0. The fourth-order valence-corrected chi connectivity index (χ4v) is 3.23. The average Bonchev–Trinajstić information content (AvgIpc) is 2.64. The van der Waals surface area contributed by atoms with E-state index in [-0.39, 0.29) is 23.7 Å². The largest absolute Gasteiger partial charge is 0.493 e. The Morgan fingerprint density at radius 1 is 1.24 bits per heavy atom. The molecule has 0 bridgehead atoms. The van der Waals surface area contributed by atoms with Crippen molar-refractivity contribution in [3.63, 3.8) is 0 Å². The van der Waals surface area contributed by atoms with Crippen molar-refractivity contribution >= 4 is 11.9 Å². The van der Waals surface area contributed by atoms with Crippen molar-refractivity contribution in [1.29, 1.82) is 0 Å². The van der Waals surface area contributed by atoms with Crippen LogP contribution in [0.15, 0.2) is 24.3 Å². The molecule has 0 aromatic heterocycles. The molecule has 5 heteroatoms. The zero-order chi connectivity index (χ0) is 18.2. The Balaban J connectivity index is 1.92. The van der Waals surface area contributed by atoms with Crippen molar-refractivity contribution in [3.05, 3.63) is 29.8 Å². The van der Waals surface area contributed by atoms with Crippen molar-refractivity contribution in [3.8, 4) is 5.75 Å². The van der Waals surface area contributed by atoms with Crippen molar-refractivity contribution in [2.24, 2.45) is 17.8 Å². The van der Waals surface area contributed by atoms with Gasteiger partial charge in [-0.15, -0.1) is 0 Å². The smallest absolute Gasteiger partial charge is 0.309 e. The van der Waals surface area contributed by atoms with Gasteiger partial charge in [0.1, 0.15) is 5.75 Å². The molecule has 5 nitrogen and oxygen atoms in total. The van der Waals surface area contributed by atoms with Crippen LogP contribution in [0.2, 0.25) is 0 Å². The molecule has 0 saturated heterocycles. The molecule has 2 rings (SSSR count). The number of hydrogen-bond donors (Lipinski definition) is 1. The third kappa shape index (κ3) is 5.76. The summed E-state index contributed by atoms with van der Waals surface area (Å²) in [6, 6.07) is 7.21. The van der Waals surface area contributed by atoms with E-state index < -0.39 is 0 Å². The van der Waals surface area contributed by atoms with Crippen LogP contribution in [0.1, 0.15) is 49.9 Å². The van der Waals surface area contributed by atoms with Crippen molar-refractivity contribution in [2.75, 3.05) is 20.3 Å². The minimum Gasteiger partial charge on any atom is -0.493 e. The predicted octanol–water partition coefficient (Wildman–Crippen LogP) is 3.43. The van der Waals surface area contributed by atoms with E-state index in [0.29, 0.717) is 30.4 Å². The van der Waals surface area contributed by atoms with Gasteiger partial charge in [0.15, 0.2) is 0 Å². The standard InChI is InChI=1S/C20H29NO4/c1-14(2)13-25-17-9-6-8-15(11-17)19(22)21-12-16-7-4-5-10-18(16)20(23)24-3/h6,8-9,11,14,16,18H,4-5,7,10,12-13H2,1-3H3,(H,21,22). The maximum absolute atomic E-state index is 12.4. The maximum Gasteiger partial charge on any atom is 0.309 e. The molecule has 0 radical (unpaired) electrons. The van der Waals surface area contributed by atoms with Gasteiger partial charge in [-0.2, -0.15) is 0 Å². The lowest BCUT2D eigenvalue weighted by molar-refractivity contribution is -0.148. The quantitative estimate of drug-likeness (QED) is 0.768. The lowest BCUT2D eigenvalue weighted by Crippen LogP contribution is -2.37. The number of nitrogens with one attached hydrogen (secondary N) is 1. The van der Waals surface area contributed by atoms with E-state index in [1.807, 2.05) is 12.1 Å². The van der Waals surface area contributed by atoms with Crippen LogP contribution < -0.4 is 10.1 Å². The number of benzene rings is 1. The number of carbonyl (C=O) groups is 2. The summed E-state index contributed by atoms with van der Waals surface area (Å²) in [6.07, 6.45) is 3.91. The second-order valence-electron chi connectivity index (χ2n) is 7.12. The molecule has 1 saturated carbocycles. The van der Waals surface area contributed by atoms with Gasteiger partial charge in [-0.05, 0) is 42.9 Å². The fourth-order valence-electron chi connectivity index (χ4n) is 3.23. The van der Waals surface area contributed by atoms with Crippen LogP contribution in [-0.4, -0.2) is 32.1 Å².